The number of hydrogen-bond acceptors (Lipinski definition) is 5. The monoisotopic (exact) mass is 314 g/mol. The Morgan fingerprint density at radius 2 is 2.00 bits per heavy atom. The summed E-state index contributed by atoms with van der Waals surface area (Å²) < 4.78 is 28.0. The molecule has 1 aromatic rings. The van der Waals surface area contributed by atoms with Gasteiger partial charge in [-0.15, -0.1) is 0 Å². The average molecular weight is 314 g/mol. The number of aryl methyl sites for hydroxylation is 2. The molecule has 8 nitrogen and oxygen atoms in total. The van der Waals surface area contributed by atoms with E-state index in [1.807, 2.05) is 0 Å². The second-order valence-electron chi connectivity index (χ2n) is 5.12. The molecular formula is C12H18N4O4S. The van der Waals surface area contributed by atoms with Crippen molar-refractivity contribution in [3.8, 4) is 0 Å². The highest BCUT2D eigenvalue weighted by Crippen LogP contribution is 2.20. The Morgan fingerprint density at radius 1 is 1.38 bits per heavy atom. The highest BCUT2D eigenvalue weighted by molar-refractivity contribution is 7.90. The van der Waals surface area contributed by atoms with Crippen LogP contribution in [0.25, 0.3) is 0 Å². The molecule has 1 aromatic heterocycles. The van der Waals surface area contributed by atoms with Gasteiger partial charge in [-0.1, -0.05) is 0 Å². The molecule has 1 unspecified atom stereocenters. The van der Waals surface area contributed by atoms with Gasteiger partial charge in [0, 0.05) is 24.5 Å². The average Bonchev–Trinajstić information content (AvgIpc) is 2.37. The lowest BCUT2D eigenvalue weighted by molar-refractivity contribution is -0.142. The van der Waals surface area contributed by atoms with Crippen LogP contribution in [0.2, 0.25) is 0 Å². The van der Waals surface area contributed by atoms with Gasteiger partial charge in [0.2, 0.25) is 5.95 Å². The van der Waals surface area contributed by atoms with Crippen molar-refractivity contribution >= 4 is 22.1 Å². The van der Waals surface area contributed by atoms with E-state index in [2.05, 4.69) is 14.7 Å². The number of hydrogen-bond donors (Lipinski definition) is 2. The molecule has 0 aliphatic carbocycles. The number of nitrogens with one attached hydrogen (secondary N) is 1. The lowest BCUT2D eigenvalue weighted by Gasteiger charge is -2.29. The summed E-state index contributed by atoms with van der Waals surface area (Å²) in [5.41, 5.74) is 1.31. The number of aromatic nitrogens is 2. The summed E-state index contributed by atoms with van der Waals surface area (Å²) in [6, 6.07) is 1.74. The summed E-state index contributed by atoms with van der Waals surface area (Å²) in [5.74, 6) is -1.64. The maximum Gasteiger partial charge on any atom is 0.307 e. The number of piperidine rings is 1. The summed E-state index contributed by atoms with van der Waals surface area (Å²) in [6.45, 7) is 3.75. The minimum Gasteiger partial charge on any atom is -0.481 e. The van der Waals surface area contributed by atoms with Crippen LogP contribution in [0.1, 0.15) is 24.2 Å². The maximum atomic E-state index is 12.3. The summed E-state index contributed by atoms with van der Waals surface area (Å²) in [4.78, 5) is 19.1. The minimum atomic E-state index is -3.84. The fraction of sp³-hybridized carbons (Fsp3) is 0.583. The van der Waals surface area contributed by atoms with E-state index in [4.69, 9.17) is 5.11 Å². The highest BCUT2D eigenvalue weighted by atomic mass is 32.2. The molecule has 2 heterocycles. The number of aliphatic carboxylic acids is 1. The first kappa shape index (κ1) is 15.6. The van der Waals surface area contributed by atoms with Crippen molar-refractivity contribution in [3.63, 3.8) is 0 Å². The first-order valence-electron chi connectivity index (χ1n) is 6.61. The van der Waals surface area contributed by atoms with Crippen molar-refractivity contribution in [3.05, 3.63) is 17.5 Å². The summed E-state index contributed by atoms with van der Waals surface area (Å²) >= 11 is 0. The van der Waals surface area contributed by atoms with Gasteiger partial charge < -0.3 is 5.11 Å². The number of carbonyl (C=O) groups is 1. The van der Waals surface area contributed by atoms with Gasteiger partial charge >= 0.3 is 16.2 Å². The molecule has 0 amide bonds. The third-order valence-corrected chi connectivity index (χ3v) is 4.73. The number of carboxylic acid groups (broad SMARTS) is 1. The van der Waals surface area contributed by atoms with Gasteiger partial charge in [0.25, 0.3) is 0 Å². The van der Waals surface area contributed by atoms with Crippen LogP contribution in [0.15, 0.2) is 6.07 Å². The normalized spacial score (nSPS) is 20.2. The van der Waals surface area contributed by atoms with Crippen LogP contribution < -0.4 is 4.72 Å². The van der Waals surface area contributed by atoms with Crippen LogP contribution in [0.4, 0.5) is 5.95 Å². The Bertz CT molecular complexity index is 626. The molecule has 21 heavy (non-hydrogen) atoms. The van der Waals surface area contributed by atoms with Gasteiger partial charge in [-0.05, 0) is 32.8 Å². The van der Waals surface area contributed by atoms with Crippen molar-refractivity contribution in [2.24, 2.45) is 5.92 Å². The van der Waals surface area contributed by atoms with Gasteiger partial charge in [-0.2, -0.15) is 12.7 Å². The zero-order valence-corrected chi connectivity index (χ0v) is 12.7. The smallest absolute Gasteiger partial charge is 0.307 e. The van der Waals surface area contributed by atoms with Gasteiger partial charge in [0.1, 0.15) is 0 Å². The predicted octanol–water partition coefficient (Wildman–Crippen LogP) is 0.547. The molecule has 0 spiro atoms. The van der Waals surface area contributed by atoms with E-state index >= 15 is 0 Å². The van der Waals surface area contributed by atoms with Gasteiger partial charge in [0.15, 0.2) is 0 Å². The Hall–Kier alpha value is -1.74. The van der Waals surface area contributed by atoms with Crippen LogP contribution in [0.5, 0.6) is 0 Å². The molecule has 0 aromatic carbocycles. The van der Waals surface area contributed by atoms with Crippen molar-refractivity contribution in [2.45, 2.75) is 26.7 Å². The van der Waals surface area contributed by atoms with Crippen LogP contribution in [-0.2, 0) is 15.0 Å². The number of nitrogens with zero attached hydrogens (tertiary/aromatic N) is 3. The van der Waals surface area contributed by atoms with E-state index in [0.717, 1.165) is 4.31 Å². The molecule has 0 saturated carbocycles. The van der Waals surface area contributed by atoms with E-state index < -0.39 is 22.1 Å². The van der Waals surface area contributed by atoms with Crippen molar-refractivity contribution in [1.29, 1.82) is 0 Å². The van der Waals surface area contributed by atoms with Gasteiger partial charge in [-0.25, -0.2) is 14.7 Å². The third-order valence-electron chi connectivity index (χ3n) is 3.28. The Balaban J connectivity index is 2.16. The van der Waals surface area contributed by atoms with E-state index in [1.165, 1.54) is 0 Å². The molecular weight excluding hydrogens is 296 g/mol. The van der Waals surface area contributed by atoms with Gasteiger partial charge in [-0.3, -0.25) is 4.79 Å². The molecule has 2 N–H and O–H groups in total. The second kappa shape index (κ2) is 5.94. The lowest BCUT2D eigenvalue weighted by atomic mass is 10.0. The van der Waals surface area contributed by atoms with Crippen molar-refractivity contribution in [1.82, 2.24) is 14.3 Å². The van der Waals surface area contributed by atoms with Crippen LogP contribution in [0, 0.1) is 19.8 Å². The fourth-order valence-corrected chi connectivity index (χ4v) is 3.51. The molecule has 1 aliphatic rings. The number of rotatable bonds is 4. The van der Waals surface area contributed by atoms with E-state index in [0.29, 0.717) is 30.8 Å². The van der Waals surface area contributed by atoms with E-state index in [-0.39, 0.29) is 12.5 Å². The molecule has 1 aliphatic heterocycles. The maximum absolute atomic E-state index is 12.3. The van der Waals surface area contributed by atoms with E-state index in [9.17, 15) is 13.2 Å². The molecule has 1 atom stereocenters. The predicted molar refractivity (Wildman–Crippen MR) is 76.0 cm³/mol. The van der Waals surface area contributed by atoms with Crippen LogP contribution in [-0.4, -0.2) is 46.9 Å². The number of anilines is 1. The molecule has 9 heteroatoms. The Morgan fingerprint density at radius 3 is 2.57 bits per heavy atom. The molecule has 1 fully saturated rings. The molecule has 116 valence electrons. The van der Waals surface area contributed by atoms with Crippen LogP contribution >= 0.6 is 0 Å². The summed E-state index contributed by atoms with van der Waals surface area (Å²) in [5, 5.41) is 9.02. The summed E-state index contributed by atoms with van der Waals surface area (Å²) in [7, 11) is -3.84. The van der Waals surface area contributed by atoms with Crippen LogP contribution in [0.3, 0.4) is 0 Å². The van der Waals surface area contributed by atoms with Gasteiger partial charge in [0.05, 0.1) is 5.92 Å². The minimum absolute atomic E-state index is 0.00458. The largest absolute Gasteiger partial charge is 0.481 e. The summed E-state index contributed by atoms with van der Waals surface area (Å²) in [6.07, 6.45) is 1.01. The standard InChI is InChI=1S/C12H18N4O4S/c1-8-6-9(2)14-12(13-8)15-21(19,20)16-5-3-4-10(7-16)11(17)18/h6,10H,3-5,7H2,1-2H3,(H,17,18)(H,13,14,15). The Labute approximate surface area is 123 Å². The zero-order valence-electron chi connectivity index (χ0n) is 11.9. The quantitative estimate of drug-likeness (QED) is 0.839. The molecule has 1 saturated heterocycles. The zero-order chi connectivity index (χ0) is 15.6. The van der Waals surface area contributed by atoms with E-state index in [1.54, 1.807) is 19.9 Å². The Kier molecular flexibility index (Phi) is 4.43. The fourth-order valence-electron chi connectivity index (χ4n) is 2.31. The highest BCUT2D eigenvalue weighted by Gasteiger charge is 2.32. The van der Waals surface area contributed by atoms with Crippen molar-refractivity contribution in [2.75, 3.05) is 17.8 Å². The molecule has 0 radical (unpaired) electrons. The lowest BCUT2D eigenvalue weighted by Crippen LogP contribution is -2.45. The second-order valence-corrected chi connectivity index (χ2v) is 6.79. The SMILES string of the molecule is Cc1cc(C)nc(NS(=O)(=O)N2CCCC(C(=O)O)C2)n1. The third kappa shape index (κ3) is 3.88. The topological polar surface area (TPSA) is 112 Å². The molecule has 0 bridgehead atoms. The number of carboxylic acids is 1. The first-order valence-corrected chi connectivity index (χ1v) is 8.05. The van der Waals surface area contributed by atoms with Crippen molar-refractivity contribution < 1.29 is 18.3 Å². The molecule has 2 rings (SSSR count). The first-order chi connectivity index (χ1) is 9.78.